The second-order valence-corrected chi connectivity index (χ2v) is 5.30. The van der Waals surface area contributed by atoms with Crippen LogP contribution in [0.3, 0.4) is 0 Å². The highest BCUT2D eigenvalue weighted by Gasteiger charge is 2.19. The Morgan fingerprint density at radius 1 is 1.67 bits per heavy atom. The van der Waals surface area contributed by atoms with E-state index in [1.807, 2.05) is 6.08 Å². The molecule has 12 heavy (non-hydrogen) atoms. The van der Waals surface area contributed by atoms with Gasteiger partial charge in [-0.25, -0.2) is 4.31 Å². The minimum absolute atomic E-state index is 0.552. The minimum Gasteiger partial charge on any atom is -0.286 e. The molecule has 0 saturated carbocycles. The summed E-state index contributed by atoms with van der Waals surface area (Å²) in [7, 11) is -2.51. The van der Waals surface area contributed by atoms with Gasteiger partial charge in [0.1, 0.15) is 0 Å². The number of alkyl halides is 1. The van der Waals surface area contributed by atoms with Gasteiger partial charge in [0, 0.05) is 25.2 Å². The molecule has 5 heteroatoms. The third kappa shape index (κ3) is 2.64. The van der Waals surface area contributed by atoms with Crippen LogP contribution in [0.25, 0.3) is 0 Å². The molecule has 0 aliphatic carbocycles. The maximum atomic E-state index is 9.30. The van der Waals surface area contributed by atoms with Crippen LogP contribution in [0, 0.1) is 0 Å². The Bertz CT molecular complexity index is 190. The Balaban J connectivity index is 2.52. The fourth-order valence-corrected chi connectivity index (χ4v) is 2.16. The molecule has 0 aromatic heterocycles. The molecule has 1 rings (SSSR count). The third-order valence-corrected chi connectivity index (χ3v) is 3.58. The Hall–Kier alpha value is 0.260. The lowest BCUT2D eigenvalue weighted by Crippen LogP contribution is -2.31. The molecule has 0 unspecified atom stereocenters. The van der Waals surface area contributed by atoms with Gasteiger partial charge in [-0.2, -0.15) is 0 Å². The summed E-state index contributed by atoms with van der Waals surface area (Å²) in [6.07, 6.45) is 4.26. The van der Waals surface area contributed by atoms with Crippen molar-refractivity contribution in [3.8, 4) is 0 Å². The molecular formula is C7H14ClNO2S. The molecule has 0 radical (unpaired) electrons. The second kappa shape index (κ2) is 3.98. The zero-order valence-electron chi connectivity index (χ0n) is 7.03. The molecular weight excluding hydrogens is 198 g/mol. The van der Waals surface area contributed by atoms with Crippen molar-refractivity contribution < 1.29 is 9.11 Å². The maximum absolute atomic E-state index is 9.30. The zero-order chi connectivity index (χ0) is 9.19. The summed E-state index contributed by atoms with van der Waals surface area (Å²) in [5.41, 5.74) is 1.19. The van der Waals surface area contributed by atoms with E-state index in [9.17, 15) is 9.11 Å². The van der Waals surface area contributed by atoms with Crippen LogP contribution < -0.4 is 0 Å². The Morgan fingerprint density at radius 2 is 2.33 bits per heavy atom. The first-order valence-electron chi connectivity index (χ1n) is 3.76. The number of halogens is 1. The van der Waals surface area contributed by atoms with Crippen LogP contribution in [-0.4, -0.2) is 38.6 Å². The van der Waals surface area contributed by atoms with Crippen LogP contribution in [0.2, 0.25) is 0 Å². The van der Waals surface area contributed by atoms with Gasteiger partial charge < -0.3 is 0 Å². The van der Waals surface area contributed by atoms with E-state index in [1.54, 1.807) is 4.31 Å². The lowest BCUT2D eigenvalue weighted by atomic mass is 10.1. The molecule has 0 amide bonds. The monoisotopic (exact) mass is 211 g/mol. The molecule has 0 aromatic carbocycles. The van der Waals surface area contributed by atoms with Crippen molar-refractivity contribution >= 4 is 22.4 Å². The molecule has 2 N–H and O–H groups in total. The van der Waals surface area contributed by atoms with Crippen molar-refractivity contribution in [1.82, 2.24) is 4.31 Å². The molecule has 3 nitrogen and oxygen atoms in total. The van der Waals surface area contributed by atoms with Gasteiger partial charge in [-0.15, -0.1) is 22.4 Å². The lowest BCUT2D eigenvalue weighted by molar-refractivity contribution is 0.366. The summed E-state index contributed by atoms with van der Waals surface area (Å²) in [6, 6.07) is 0. The van der Waals surface area contributed by atoms with E-state index in [2.05, 4.69) is 0 Å². The summed E-state index contributed by atoms with van der Waals surface area (Å²) in [5, 5.41) is 0. The number of rotatable bonds is 2. The smallest absolute Gasteiger partial charge is 0.0434 e. The van der Waals surface area contributed by atoms with Crippen molar-refractivity contribution in [2.24, 2.45) is 0 Å². The van der Waals surface area contributed by atoms with Gasteiger partial charge in [-0.1, -0.05) is 11.6 Å². The predicted molar refractivity (Wildman–Crippen MR) is 53.8 cm³/mol. The van der Waals surface area contributed by atoms with Crippen molar-refractivity contribution in [1.29, 1.82) is 0 Å². The van der Waals surface area contributed by atoms with Gasteiger partial charge in [0.05, 0.1) is 0 Å². The van der Waals surface area contributed by atoms with Crippen LogP contribution in [0.4, 0.5) is 0 Å². The molecule has 1 aliphatic rings. The van der Waals surface area contributed by atoms with Gasteiger partial charge in [-0.05, 0) is 6.42 Å². The van der Waals surface area contributed by atoms with E-state index < -0.39 is 10.8 Å². The SMILES string of the molecule is CS(O)(O)N1CC=C(CCl)CC1. The standard InChI is InChI=1S/C7H14ClNO2S/c1-12(10,11)9-4-2-7(6-8)3-5-9/h2,10-11H,3-6H2,1H3. The van der Waals surface area contributed by atoms with Crippen molar-refractivity contribution in [3.05, 3.63) is 11.6 Å². The predicted octanol–water partition coefficient (Wildman–Crippen LogP) is 2.15. The molecule has 0 saturated heterocycles. The molecule has 0 bridgehead atoms. The fraction of sp³-hybridized carbons (Fsp3) is 0.714. The highest BCUT2D eigenvalue weighted by molar-refractivity contribution is 8.21. The van der Waals surface area contributed by atoms with E-state index in [-0.39, 0.29) is 0 Å². The summed E-state index contributed by atoms with van der Waals surface area (Å²) < 4.78 is 20.3. The Kier molecular flexibility index (Phi) is 3.43. The quantitative estimate of drug-likeness (QED) is 0.544. The summed E-state index contributed by atoms with van der Waals surface area (Å²) in [6.45, 7) is 1.29. The largest absolute Gasteiger partial charge is 0.286 e. The zero-order valence-corrected chi connectivity index (χ0v) is 8.61. The normalized spacial score (nSPS) is 22.2. The van der Waals surface area contributed by atoms with E-state index in [4.69, 9.17) is 11.6 Å². The average molecular weight is 212 g/mol. The number of hydrogen-bond donors (Lipinski definition) is 2. The van der Waals surface area contributed by atoms with Crippen LogP contribution in [-0.2, 0) is 0 Å². The van der Waals surface area contributed by atoms with E-state index in [1.165, 1.54) is 11.8 Å². The van der Waals surface area contributed by atoms with Crippen LogP contribution in [0.5, 0.6) is 0 Å². The number of nitrogens with zero attached hydrogens (tertiary/aromatic N) is 1. The molecule has 0 spiro atoms. The van der Waals surface area contributed by atoms with Crippen molar-refractivity contribution in [2.45, 2.75) is 6.42 Å². The van der Waals surface area contributed by atoms with E-state index in [0.717, 1.165) is 6.42 Å². The van der Waals surface area contributed by atoms with Gasteiger partial charge in [0.2, 0.25) is 0 Å². The third-order valence-electron chi connectivity index (χ3n) is 1.93. The molecule has 1 heterocycles. The van der Waals surface area contributed by atoms with Gasteiger partial charge >= 0.3 is 0 Å². The maximum Gasteiger partial charge on any atom is 0.0434 e. The fourth-order valence-electron chi connectivity index (χ4n) is 1.13. The first-order valence-corrected chi connectivity index (χ1v) is 6.21. The van der Waals surface area contributed by atoms with Crippen molar-refractivity contribution in [2.75, 3.05) is 25.2 Å². The summed E-state index contributed by atoms with van der Waals surface area (Å²) in [5.74, 6) is 0.552. The summed E-state index contributed by atoms with van der Waals surface area (Å²) >= 11 is 5.64. The van der Waals surface area contributed by atoms with Crippen LogP contribution in [0.15, 0.2) is 11.6 Å². The molecule has 1 aliphatic heterocycles. The molecule has 0 fully saturated rings. The first-order chi connectivity index (χ1) is 5.54. The minimum atomic E-state index is -2.51. The van der Waals surface area contributed by atoms with Crippen molar-refractivity contribution in [3.63, 3.8) is 0 Å². The molecule has 72 valence electrons. The Morgan fingerprint density at radius 3 is 2.67 bits per heavy atom. The molecule has 0 aromatic rings. The average Bonchev–Trinajstić information content (AvgIpc) is 2.03. The number of hydrogen-bond acceptors (Lipinski definition) is 3. The lowest BCUT2D eigenvalue weighted by Gasteiger charge is -2.41. The van der Waals surface area contributed by atoms with Gasteiger partial charge in [0.25, 0.3) is 0 Å². The van der Waals surface area contributed by atoms with E-state index in [0.29, 0.717) is 19.0 Å². The first kappa shape index (κ1) is 10.3. The van der Waals surface area contributed by atoms with Crippen LogP contribution >= 0.6 is 22.4 Å². The summed E-state index contributed by atoms with van der Waals surface area (Å²) in [4.78, 5) is 0. The highest BCUT2D eigenvalue weighted by atomic mass is 35.5. The van der Waals surface area contributed by atoms with Gasteiger partial charge in [-0.3, -0.25) is 9.11 Å². The Labute approximate surface area is 79.5 Å². The molecule has 0 atom stereocenters. The second-order valence-electron chi connectivity index (χ2n) is 2.93. The van der Waals surface area contributed by atoms with Crippen LogP contribution in [0.1, 0.15) is 6.42 Å². The highest BCUT2D eigenvalue weighted by Crippen LogP contribution is 2.39. The van der Waals surface area contributed by atoms with E-state index >= 15 is 0 Å². The van der Waals surface area contributed by atoms with Gasteiger partial charge in [0.15, 0.2) is 0 Å². The topological polar surface area (TPSA) is 43.7 Å².